The van der Waals surface area contributed by atoms with Gasteiger partial charge in [0.2, 0.25) is 0 Å². The molecule has 0 radical (unpaired) electrons. The van der Waals surface area contributed by atoms with E-state index in [1.54, 1.807) is 6.07 Å². The van der Waals surface area contributed by atoms with Crippen molar-refractivity contribution in [2.24, 2.45) is 5.73 Å². The number of halogens is 1. The predicted octanol–water partition coefficient (Wildman–Crippen LogP) is 2.05. The summed E-state index contributed by atoms with van der Waals surface area (Å²) in [6, 6.07) is 7.59. The van der Waals surface area contributed by atoms with E-state index in [1.165, 1.54) is 0 Å². The van der Waals surface area contributed by atoms with Crippen LogP contribution in [0.5, 0.6) is 0 Å². The smallest absolute Gasteiger partial charge is 0.115 e. The lowest BCUT2D eigenvalue weighted by molar-refractivity contribution is 0.481. The normalized spacial score (nSPS) is 12.9. The highest BCUT2D eigenvalue weighted by Gasteiger charge is 2.02. The molecule has 2 N–H and O–H groups in total. The SMILES string of the molecule is CC(N)Cc1ccccc1CF. The summed E-state index contributed by atoms with van der Waals surface area (Å²) in [6.45, 7) is 1.53. The molecular weight excluding hydrogens is 153 g/mol. The number of alkyl halides is 1. The van der Waals surface area contributed by atoms with Gasteiger partial charge in [0.25, 0.3) is 0 Å². The third kappa shape index (κ3) is 2.31. The summed E-state index contributed by atoms with van der Waals surface area (Å²) in [7, 11) is 0. The Morgan fingerprint density at radius 3 is 2.42 bits per heavy atom. The second-order valence-electron chi connectivity index (χ2n) is 3.08. The van der Waals surface area contributed by atoms with Gasteiger partial charge in [-0.3, -0.25) is 0 Å². The average Bonchev–Trinajstić information content (AvgIpc) is 2.04. The number of nitrogens with two attached hydrogens (primary N) is 1. The lowest BCUT2D eigenvalue weighted by atomic mass is 10.0. The molecule has 1 rings (SSSR count). The maximum Gasteiger partial charge on any atom is 0.115 e. The molecule has 0 bridgehead atoms. The monoisotopic (exact) mass is 167 g/mol. The van der Waals surface area contributed by atoms with Crippen molar-refractivity contribution in [3.05, 3.63) is 35.4 Å². The van der Waals surface area contributed by atoms with Crippen molar-refractivity contribution in [1.82, 2.24) is 0 Å². The minimum Gasteiger partial charge on any atom is -0.328 e. The van der Waals surface area contributed by atoms with E-state index in [1.807, 2.05) is 25.1 Å². The van der Waals surface area contributed by atoms with Crippen LogP contribution in [0, 0.1) is 0 Å². The first-order valence-electron chi connectivity index (χ1n) is 4.12. The molecule has 66 valence electrons. The summed E-state index contributed by atoms with van der Waals surface area (Å²) >= 11 is 0. The highest BCUT2D eigenvalue weighted by molar-refractivity contribution is 5.27. The first-order chi connectivity index (χ1) is 5.74. The molecule has 12 heavy (non-hydrogen) atoms. The van der Waals surface area contributed by atoms with Crippen molar-refractivity contribution in [3.63, 3.8) is 0 Å². The van der Waals surface area contributed by atoms with Crippen molar-refractivity contribution >= 4 is 0 Å². The maximum atomic E-state index is 12.4. The van der Waals surface area contributed by atoms with Gasteiger partial charge in [-0.1, -0.05) is 24.3 Å². The average molecular weight is 167 g/mol. The Morgan fingerprint density at radius 2 is 1.92 bits per heavy atom. The van der Waals surface area contributed by atoms with Gasteiger partial charge >= 0.3 is 0 Å². The van der Waals surface area contributed by atoms with Crippen molar-refractivity contribution in [2.45, 2.75) is 26.1 Å². The fourth-order valence-electron chi connectivity index (χ4n) is 1.23. The van der Waals surface area contributed by atoms with Gasteiger partial charge in [-0.25, -0.2) is 4.39 Å². The predicted molar refractivity (Wildman–Crippen MR) is 48.6 cm³/mol. The molecule has 0 saturated carbocycles. The third-order valence-electron chi connectivity index (χ3n) is 1.80. The molecule has 1 aromatic carbocycles. The Morgan fingerprint density at radius 1 is 1.33 bits per heavy atom. The van der Waals surface area contributed by atoms with Crippen molar-refractivity contribution < 1.29 is 4.39 Å². The second-order valence-corrected chi connectivity index (χ2v) is 3.08. The first-order valence-corrected chi connectivity index (χ1v) is 4.12. The lowest BCUT2D eigenvalue weighted by Crippen LogP contribution is -2.18. The number of hydrogen-bond acceptors (Lipinski definition) is 1. The number of hydrogen-bond donors (Lipinski definition) is 1. The molecule has 1 aromatic rings. The molecule has 0 fully saturated rings. The largest absolute Gasteiger partial charge is 0.328 e. The molecule has 1 atom stereocenters. The lowest BCUT2D eigenvalue weighted by Gasteiger charge is -2.08. The molecule has 0 aromatic heterocycles. The molecule has 1 unspecified atom stereocenters. The van der Waals surface area contributed by atoms with Gasteiger partial charge < -0.3 is 5.73 Å². The van der Waals surface area contributed by atoms with E-state index in [4.69, 9.17) is 5.73 Å². The molecule has 0 aliphatic carbocycles. The van der Waals surface area contributed by atoms with E-state index >= 15 is 0 Å². The molecule has 0 aliphatic rings. The zero-order chi connectivity index (χ0) is 8.97. The molecule has 0 aliphatic heterocycles. The van der Waals surface area contributed by atoms with Crippen LogP contribution in [-0.2, 0) is 13.1 Å². The summed E-state index contributed by atoms with van der Waals surface area (Å²) in [4.78, 5) is 0. The van der Waals surface area contributed by atoms with Crippen molar-refractivity contribution in [3.8, 4) is 0 Å². The molecule has 0 heterocycles. The van der Waals surface area contributed by atoms with Gasteiger partial charge in [0, 0.05) is 6.04 Å². The fourth-order valence-corrected chi connectivity index (χ4v) is 1.23. The van der Waals surface area contributed by atoms with E-state index in [0.717, 1.165) is 17.5 Å². The van der Waals surface area contributed by atoms with Gasteiger partial charge in [-0.05, 0) is 24.5 Å². The molecule has 0 spiro atoms. The minimum atomic E-state index is -0.400. The zero-order valence-corrected chi connectivity index (χ0v) is 7.26. The molecular formula is C10H14FN. The minimum absolute atomic E-state index is 0.0951. The first kappa shape index (κ1) is 9.20. The molecule has 0 saturated heterocycles. The van der Waals surface area contributed by atoms with Crippen LogP contribution >= 0.6 is 0 Å². The summed E-state index contributed by atoms with van der Waals surface area (Å²) in [5, 5.41) is 0. The Labute approximate surface area is 72.4 Å². The topological polar surface area (TPSA) is 26.0 Å². The van der Waals surface area contributed by atoms with E-state index in [2.05, 4.69) is 0 Å². The van der Waals surface area contributed by atoms with Crippen LogP contribution in [0.25, 0.3) is 0 Å². The van der Waals surface area contributed by atoms with Gasteiger partial charge in [0.15, 0.2) is 0 Å². The van der Waals surface area contributed by atoms with Gasteiger partial charge in [-0.15, -0.1) is 0 Å². The van der Waals surface area contributed by atoms with Gasteiger partial charge in [0.05, 0.1) is 0 Å². The standard InChI is InChI=1S/C10H14FN/c1-8(12)6-9-4-2-3-5-10(9)7-11/h2-5,8H,6-7,12H2,1H3. The third-order valence-corrected chi connectivity index (χ3v) is 1.80. The van der Waals surface area contributed by atoms with Crippen LogP contribution in [0.1, 0.15) is 18.1 Å². The Bertz CT molecular complexity index is 245. The molecule has 2 heteroatoms. The van der Waals surface area contributed by atoms with Crippen molar-refractivity contribution in [1.29, 1.82) is 0 Å². The Kier molecular flexibility index (Phi) is 3.23. The summed E-state index contributed by atoms with van der Waals surface area (Å²) in [5.74, 6) is 0. The van der Waals surface area contributed by atoms with Crippen LogP contribution in [0.15, 0.2) is 24.3 Å². The zero-order valence-electron chi connectivity index (χ0n) is 7.26. The van der Waals surface area contributed by atoms with Crippen LogP contribution in [0.2, 0.25) is 0 Å². The fraction of sp³-hybridized carbons (Fsp3) is 0.400. The number of rotatable bonds is 3. The Hall–Kier alpha value is -0.890. The van der Waals surface area contributed by atoms with Crippen LogP contribution in [-0.4, -0.2) is 6.04 Å². The van der Waals surface area contributed by atoms with E-state index < -0.39 is 6.67 Å². The van der Waals surface area contributed by atoms with Crippen LogP contribution in [0.4, 0.5) is 4.39 Å². The van der Waals surface area contributed by atoms with Crippen LogP contribution < -0.4 is 5.73 Å². The highest BCUT2D eigenvalue weighted by atomic mass is 19.1. The molecule has 0 amide bonds. The van der Waals surface area contributed by atoms with Crippen molar-refractivity contribution in [2.75, 3.05) is 0 Å². The quantitative estimate of drug-likeness (QED) is 0.732. The Balaban J connectivity index is 2.82. The van der Waals surface area contributed by atoms with Gasteiger partial charge in [0.1, 0.15) is 6.67 Å². The molecule has 1 nitrogen and oxygen atoms in total. The summed E-state index contributed by atoms with van der Waals surface area (Å²) in [5.41, 5.74) is 7.41. The summed E-state index contributed by atoms with van der Waals surface area (Å²) in [6.07, 6.45) is 0.750. The number of benzene rings is 1. The second kappa shape index (κ2) is 4.21. The summed E-state index contributed by atoms with van der Waals surface area (Å²) < 4.78 is 12.4. The van der Waals surface area contributed by atoms with E-state index in [9.17, 15) is 4.39 Å². The van der Waals surface area contributed by atoms with E-state index in [-0.39, 0.29) is 6.04 Å². The van der Waals surface area contributed by atoms with E-state index in [0.29, 0.717) is 0 Å². The van der Waals surface area contributed by atoms with Crippen LogP contribution in [0.3, 0.4) is 0 Å². The van der Waals surface area contributed by atoms with Gasteiger partial charge in [-0.2, -0.15) is 0 Å². The highest BCUT2D eigenvalue weighted by Crippen LogP contribution is 2.11. The maximum absolute atomic E-state index is 12.4.